The van der Waals surface area contributed by atoms with Crippen LogP contribution in [0.1, 0.15) is 54.5 Å². The van der Waals surface area contributed by atoms with E-state index >= 15 is 0 Å². The molecule has 3 rings (SSSR count). The molecular weight excluding hydrogens is 230 g/mol. The molecule has 0 amide bonds. The minimum absolute atomic E-state index is 0.127. The second-order valence-corrected chi connectivity index (χ2v) is 5.38. The summed E-state index contributed by atoms with van der Waals surface area (Å²) in [5.41, 5.74) is 3.58. The predicted octanol–water partition coefficient (Wildman–Crippen LogP) is 1.38. The molecule has 0 spiro atoms. The molecule has 1 aliphatic heterocycles. The van der Waals surface area contributed by atoms with Gasteiger partial charge < -0.3 is 10.4 Å². The fourth-order valence-corrected chi connectivity index (χ4v) is 3.30. The maximum absolute atomic E-state index is 10.9. The van der Waals surface area contributed by atoms with Crippen molar-refractivity contribution >= 4 is 5.97 Å². The Hall–Kier alpha value is -1.36. The van der Waals surface area contributed by atoms with E-state index in [0.717, 1.165) is 44.5 Å². The van der Waals surface area contributed by atoms with Gasteiger partial charge >= 0.3 is 5.97 Å². The van der Waals surface area contributed by atoms with Gasteiger partial charge in [-0.2, -0.15) is 5.10 Å². The summed E-state index contributed by atoms with van der Waals surface area (Å²) in [5.74, 6) is -0.0815. The molecule has 2 atom stereocenters. The molecule has 2 unspecified atom stereocenters. The van der Waals surface area contributed by atoms with E-state index in [1.54, 1.807) is 0 Å². The van der Waals surface area contributed by atoms with Crippen molar-refractivity contribution in [3.8, 4) is 0 Å². The molecular formula is C13H19N3O2. The second kappa shape index (κ2) is 4.72. The van der Waals surface area contributed by atoms with E-state index in [4.69, 9.17) is 5.11 Å². The number of carboxylic acid groups (broad SMARTS) is 1. The number of carboxylic acids is 1. The Morgan fingerprint density at radius 3 is 3.06 bits per heavy atom. The van der Waals surface area contributed by atoms with E-state index in [9.17, 15) is 4.79 Å². The molecule has 5 nitrogen and oxygen atoms in total. The van der Waals surface area contributed by atoms with Crippen LogP contribution in [0.2, 0.25) is 0 Å². The molecule has 98 valence electrons. The maximum Gasteiger partial charge on any atom is 0.304 e. The first-order chi connectivity index (χ1) is 8.75. The van der Waals surface area contributed by atoms with Crippen molar-refractivity contribution in [2.75, 3.05) is 13.1 Å². The van der Waals surface area contributed by atoms with Crippen molar-refractivity contribution in [1.82, 2.24) is 15.5 Å². The SMILES string of the molecule is O=C(O)CC1CCCc2c(C3CCNC3)n[nH]c21. The Morgan fingerprint density at radius 1 is 1.44 bits per heavy atom. The highest BCUT2D eigenvalue weighted by Crippen LogP contribution is 2.37. The van der Waals surface area contributed by atoms with Gasteiger partial charge in [-0.3, -0.25) is 9.89 Å². The van der Waals surface area contributed by atoms with E-state index in [2.05, 4.69) is 15.5 Å². The molecule has 1 aromatic rings. The molecule has 1 aliphatic carbocycles. The van der Waals surface area contributed by atoms with E-state index in [1.807, 2.05) is 0 Å². The highest BCUT2D eigenvalue weighted by atomic mass is 16.4. The molecule has 0 aromatic carbocycles. The number of nitrogens with one attached hydrogen (secondary N) is 2. The average Bonchev–Trinajstić information content (AvgIpc) is 2.96. The molecule has 0 radical (unpaired) electrons. The number of nitrogens with zero attached hydrogens (tertiary/aromatic N) is 1. The summed E-state index contributed by atoms with van der Waals surface area (Å²) in [5, 5.41) is 19.9. The highest BCUT2D eigenvalue weighted by molar-refractivity contribution is 5.68. The average molecular weight is 249 g/mol. The van der Waals surface area contributed by atoms with E-state index < -0.39 is 5.97 Å². The van der Waals surface area contributed by atoms with Crippen LogP contribution in [0.4, 0.5) is 0 Å². The standard InChI is InChI=1S/C13H19N3O2/c17-11(18)6-8-2-1-3-10-12(8)15-16-13(10)9-4-5-14-7-9/h8-9,14H,1-7H2,(H,15,16)(H,17,18). The van der Waals surface area contributed by atoms with Gasteiger partial charge in [-0.1, -0.05) is 0 Å². The van der Waals surface area contributed by atoms with Crippen molar-refractivity contribution < 1.29 is 9.90 Å². The lowest BCUT2D eigenvalue weighted by Gasteiger charge is -2.21. The molecule has 1 saturated heterocycles. The Morgan fingerprint density at radius 2 is 2.33 bits per heavy atom. The smallest absolute Gasteiger partial charge is 0.304 e. The zero-order chi connectivity index (χ0) is 12.5. The first-order valence-corrected chi connectivity index (χ1v) is 6.75. The topological polar surface area (TPSA) is 78.0 Å². The summed E-state index contributed by atoms with van der Waals surface area (Å²) in [6, 6.07) is 0. The molecule has 0 saturated carbocycles. The Balaban J connectivity index is 1.87. The Labute approximate surface area is 106 Å². The lowest BCUT2D eigenvalue weighted by molar-refractivity contribution is -0.137. The number of aliphatic carboxylic acids is 1. The predicted molar refractivity (Wildman–Crippen MR) is 66.7 cm³/mol. The summed E-state index contributed by atoms with van der Waals surface area (Å²) >= 11 is 0. The summed E-state index contributed by atoms with van der Waals surface area (Å²) < 4.78 is 0. The van der Waals surface area contributed by atoms with Crippen LogP contribution < -0.4 is 5.32 Å². The second-order valence-electron chi connectivity index (χ2n) is 5.38. The summed E-state index contributed by atoms with van der Waals surface area (Å²) in [6.45, 7) is 2.06. The lowest BCUT2D eigenvalue weighted by atomic mass is 9.83. The monoisotopic (exact) mass is 249 g/mol. The third-order valence-corrected chi connectivity index (χ3v) is 4.19. The van der Waals surface area contributed by atoms with E-state index in [-0.39, 0.29) is 12.3 Å². The molecule has 18 heavy (non-hydrogen) atoms. The maximum atomic E-state index is 10.9. The Bertz CT molecular complexity index is 449. The first-order valence-electron chi connectivity index (χ1n) is 6.75. The lowest BCUT2D eigenvalue weighted by Crippen LogP contribution is -2.15. The minimum atomic E-state index is -0.716. The van der Waals surface area contributed by atoms with Gasteiger partial charge in [0.05, 0.1) is 12.1 Å². The molecule has 2 heterocycles. The van der Waals surface area contributed by atoms with Crippen LogP contribution >= 0.6 is 0 Å². The number of rotatable bonds is 3. The van der Waals surface area contributed by atoms with Crippen LogP contribution in [0.25, 0.3) is 0 Å². The van der Waals surface area contributed by atoms with Crippen LogP contribution in [-0.4, -0.2) is 34.4 Å². The third-order valence-electron chi connectivity index (χ3n) is 4.19. The van der Waals surface area contributed by atoms with Gasteiger partial charge in [0.2, 0.25) is 0 Å². The van der Waals surface area contributed by atoms with Gasteiger partial charge in [0, 0.05) is 24.1 Å². The number of aromatic amines is 1. The summed E-state index contributed by atoms with van der Waals surface area (Å²) in [7, 11) is 0. The van der Waals surface area contributed by atoms with Crippen molar-refractivity contribution in [3.05, 3.63) is 17.0 Å². The third kappa shape index (κ3) is 2.03. The summed E-state index contributed by atoms with van der Waals surface area (Å²) in [4.78, 5) is 10.9. The van der Waals surface area contributed by atoms with Gasteiger partial charge in [-0.05, 0) is 37.8 Å². The first kappa shape index (κ1) is 11.7. The fourth-order valence-electron chi connectivity index (χ4n) is 3.30. The fraction of sp³-hybridized carbons (Fsp3) is 0.692. The number of H-pyrrole nitrogens is 1. The number of hydrogen-bond acceptors (Lipinski definition) is 3. The van der Waals surface area contributed by atoms with Gasteiger partial charge in [0.15, 0.2) is 0 Å². The number of carbonyl (C=O) groups is 1. The largest absolute Gasteiger partial charge is 0.481 e. The molecule has 3 N–H and O–H groups in total. The van der Waals surface area contributed by atoms with E-state index in [0.29, 0.717) is 5.92 Å². The molecule has 1 aromatic heterocycles. The van der Waals surface area contributed by atoms with Crippen molar-refractivity contribution in [2.45, 2.75) is 43.9 Å². The van der Waals surface area contributed by atoms with Crippen LogP contribution in [0.15, 0.2) is 0 Å². The number of aromatic nitrogens is 2. The van der Waals surface area contributed by atoms with Gasteiger partial charge in [-0.25, -0.2) is 0 Å². The van der Waals surface area contributed by atoms with Crippen molar-refractivity contribution in [2.24, 2.45) is 0 Å². The van der Waals surface area contributed by atoms with Gasteiger partial charge in [-0.15, -0.1) is 0 Å². The zero-order valence-corrected chi connectivity index (χ0v) is 10.4. The van der Waals surface area contributed by atoms with Crippen LogP contribution in [0.3, 0.4) is 0 Å². The summed E-state index contributed by atoms with van der Waals surface area (Å²) in [6.07, 6.45) is 4.45. The van der Waals surface area contributed by atoms with Crippen molar-refractivity contribution in [3.63, 3.8) is 0 Å². The molecule has 5 heteroatoms. The number of fused-ring (bicyclic) bond motifs is 1. The normalized spacial score (nSPS) is 27.1. The zero-order valence-electron chi connectivity index (χ0n) is 10.4. The minimum Gasteiger partial charge on any atom is -0.481 e. The quantitative estimate of drug-likeness (QED) is 0.756. The highest BCUT2D eigenvalue weighted by Gasteiger charge is 2.30. The number of hydrogen-bond donors (Lipinski definition) is 3. The molecule has 1 fully saturated rings. The van der Waals surface area contributed by atoms with Crippen molar-refractivity contribution in [1.29, 1.82) is 0 Å². The Kier molecular flexibility index (Phi) is 3.07. The van der Waals surface area contributed by atoms with Crippen LogP contribution in [-0.2, 0) is 11.2 Å². The molecule has 0 bridgehead atoms. The van der Waals surface area contributed by atoms with Crippen LogP contribution in [0, 0.1) is 0 Å². The van der Waals surface area contributed by atoms with Gasteiger partial charge in [0.25, 0.3) is 0 Å². The van der Waals surface area contributed by atoms with Crippen LogP contribution in [0.5, 0.6) is 0 Å². The molecule has 2 aliphatic rings. The van der Waals surface area contributed by atoms with E-state index in [1.165, 1.54) is 11.3 Å². The van der Waals surface area contributed by atoms with Gasteiger partial charge in [0.1, 0.15) is 0 Å².